The number of nitro benzene ring substituents is 1. The highest BCUT2D eigenvalue weighted by Crippen LogP contribution is 2.35. The van der Waals surface area contributed by atoms with Crippen molar-refractivity contribution in [3.63, 3.8) is 0 Å². The zero-order valence-corrected chi connectivity index (χ0v) is 12.1. The van der Waals surface area contributed by atoms with Crippen molar-refractivity contribution in [1.29, 1.82) is 0 Å². The van der Waals surface area contributed by atoms with Crippen LogP contribution in [0.15, 0.2) is 12.1 Å². The molecule has 0 unspecified atom stereocenters. The van der Waals surface area contributed by atoms with Gasteiger partial charge in [0.2, 0.25) is 0 Å². The summed E-state index contributed by atoms with van der Waals surface area (Å²) in [6, 6.07) is 2.96. The summed E-state index contributed by atoms with van der Waals surface area (Å²) in [4.78, 5) is 21.1. The molecule has 0 aliphatic carbocycles. The number of unbranched alkanes of at least 4 members (excludes halogenated alkanes) is 2. The van der Waals surface area contributed by atoms with Gasteiger partial charge in [0.25, 0.3) is 5.69 Å². The Morgan fingerprint density at radius 3 is 2.33 bits per heavy atom. The van der Waals surface area contributed by atoms with E-state index in [0.29, 0.717) is 42.7 Å². The lowest BCUT2D eigenvalue weighted by atomic mass is 10.0. The van der Waals surface area contributed by atoms with Crippen molar-refractivity contribution in [3.05, 3.63) is 27.8 Å². The van der Waals surface area contributed by atoms with Crippen LogP contribution in [-0.2, 0) is 11.2 Å². The molecule has 7 heteroatoms. The number of nitrogens with zero attached hydrogens (tertiary/aromatic N) is 1. The lowest BCUT2D eigenvalue weighted by molar-refractivity contribution is -0.385. The number of hydrogen-bond donors (Lipinski definition) is 1. The van der Waals surface area contributed by atoms with Crippen molar-refractivity contribution in [2.45, 2.75) is 32.1 Å². The van der Waals surface area contributed by atoms with E-state index >= 15 is 0 Å². The Balaban J connectivity index is 2.79. The van der Waals surface area contributed by atoms with Gasteiger partial charge in [0, 0.05) is 12.0 Å². The standard InChI is InChI=1S/C14H19NO6/c1-20-12-8-10(6-4-3-5-7-14(16)17)11(15(18)19)9-13(12)21-2/h8-9H,3-7H2,1-2H3,(H,16,17). The van der Waals surface area contributed by atoms with Crippen LogP contribution in [0.5, 0.6) is 11.5 Å². The first-order valence-corrected chi connectivity index (χ1v) is 6.60. The first-order valence-electron chi connectivity index (χ1n) is 6.60. The first kappa shape index (κ1) is 16.7. The van der Waals surface area contributed by atoms with Gasteiger partial charge in [0.15, 0.2) is 11.5 Å². The molecule has 0 aliphatic heterocycles. The molecule has 1 aromatic rings. The van der Waals surface area contributed by atoms with Crippen LogP contribution in [-0.4, -0.2) is 30.2 Å². The highest BCUT2D eigenvalue weighted by Gasteiger charge is 2.18. The van der Waals surface area contributed by atoms with Gasteiger partial charge in [-0.3, -0.25) is 14.9 Å². The van der Waals surface area contributed by atoms with E-state index in [0.717, 1.165) is 0 Å². The van der Waals surface area contributed by atoms with Crippen LogP contribution in [0.2, 0.25) is 0 Å². The van der Waals surface area contributed by atoms with E-state index in [1.807, 2.05) is 0 Å². The van der Waals surface area contributed by atoms with Crippen LogP contribution >= 0.6 is 0 Å². The Bertz CT molecular complexity index is 514. The van der Waals surface area contributed by atoms with Gasteiger partial charge >= 0.3 is 5.97 Å². The first-order chi connectivity index (χ1) is 9.99. The molecule has 0 fully saturated rings. The molecular weight excluding hydrogens is 278 g/mol. The van der Waals surface area contributed by atoms with Crippen LogP contribution in [0.4, 0.5) is 5.69 Å². The van der Waals surface area contributed by atoms with Gasteiger partial charge in [-0.25, -0.2) is 0 Å². The van der Waals surface area contributed by atoms with Crippen molar-refractivity contribution in [1.82, 2.24) is 0 Å². The van der Waals surface area contributed by atoms with Gasteiger partial charge in [-0.2, -0.15) is 0 Å². The van der Waals surface area contributed by atoms with Crippen LogP contribution < -0.4 is 9.47 Å². The summed E-state index contributed by atoms with van der Waals surface area (Å²) in [5, 5.41) is 19.7. The third kappa shape index (κ3) is 4.94. The molecule has 0 amide bonds. The SMILES string of the molecule is COc1cc(CCCCCC(=O)O)c([N+](=O)[O-])cc1OC. The third-order valence-electron chi connectivity index (χ3n) is 3.12. The third-order valence-corrected chi connectivity index (χ3v) is 3.12. The number of aliphatic carboxylic acids is 1. The van der Waals surface area contributed by atoms with E-state index in [4.69, 9.17) is 14.6 Å². The van der Waals surface area contributed by atoms with Crippen LogP contribution in [0.1, 0.15) is 31.2 Å². The number of carboxylic acids is 1. The number of methoxy groups -OCH3 is 2. The van der Waals surface area contributed by atoms with Gasteiger partial charge in [0.05, 0.1) is 25.2 Å². The van der Waals surface area contributed by atoms with Crippen molar-refractivity contribution < 1.29 is 24.3 Å². The smallest absolute Gasteiger partial charge is 0.303 e. The minimum atomic E-state index is -0.827. The van der Waals surface area contributed by atoms with Crippen LogP contribution in [0.25, 0.3) is 0 Å². The fraction of sp³-hybridized carbons (Fsp3) is 0.500. The number of hydrogen-bond acceptors (Lipinski definition) is 5. The summed E-state index contributed by atoms with van der Waals surface area (Å²) in [6.07, 6.45) is 2.57. The second-order valence-electron chi connectivity index (χ2n) is 4.55. The lowest BCUT2D eigenvalue weighted by Gasteiger charge is -2.10. The molecule has 1 N–H and O–H groups in total. The molecule has 0 bridgehead atoms. The van der Waals surface area contributed by atoms with Crippen molar-refractivity contribution in [3.8, 4) is 11.5 Å². The van der Waals surface area contributed by atoms with Crippen molar-refractivity contribution in [2.75, 3.05) is 14.2 Å². The average Bonchev–Trinajstić information content (AvgIpc) is 2.45. The highest BCUT2D eigenvalue weighted by molar-refractivity contribution is 5.66. The van der Waals surface area contributed by atoms with Gasteiger partial charge in [-0.1, -0.05) is 6.42 Å². The van der Waals surface area contributed by atoms with Gasteiger partial charge in [0.1, 0.15) is 0 Å². The molecule has 0 aliphatic rings. The zero-order valence-electron chi connectivity index (χ0n) is 12.1. The van der Waals surface area contributed by atoms with Gasteiger partial charge in [-0.05, 0) is 25.3 Å². The second kappa shape index (κ2) is 8.08. The maximum Gasteiger partial charge on any atom is 0.303 e. The summed E-state index contributed by atoms with van der Waals surface area (Å²) in [6.45, 7) is 0. The number of carbonyl (C=O) groups is 1. The molecule has 0 saturated carbocycles. The molecule has 0 saturated heterocycles. The monoisotopic (exact) mass is 297 g/mol. The number of aryl methyl sites for hydroxylation is 1. The summed E-state index contributed by atoms with van der Waals surface area (Å²) in [5.41, 5.74) is 0.554. The minimum Gasteiger partial charge on any atom is -0.493 e. The minimum absolute atomic E-state index is 0.00844. The van der Waals surface area contributed by atoms with Crippen molar-refractivity contribution >= 4 is 11.7 Å². The Labute approximate surface area is 122 Å². The summed E-state index contributed by atoms with van der Waals surface area (Å²) in [7, 11) is 2.90. The fourth-order valence-electron chi connectivity index (χ4n) is 2.05. The summed E-state index contributed by atoms with van der Waals surface area (Å²) >= 11 is 0. The largest absolute Gasteiger partial charge is 0.493 e. The molecule has 0 spiro atoms. The quantitative estimate of drug-likeness (QED) is 0.427. The summed E-state index contributed by atoms with van der Waals surface area (Å²) in [5.74, 6) is -0.0606. The maximum absolute atomic E-state index is 11.1. The number of carboxylic acid groups (broad SMARTS) is 1. The van der Waals surface area contributed by atoms with Crippen LogP contribution in [0, 0.1) is 10.1 Å². The predicted octanol–water partition coefficient (Wildman–Crippen LogP) is 2.80. The number of benzene rings is 1. The zero-order chi connectivity index (χ0) is 15.8. The Morgan fingerprint density at radius 1 is 1.19 bits per heavy atom. The fourth-order valence-corrected chi connectivity index (χ4v) is 2.05. The molecule has 0 atom stereocenters. The maximum atomic E-state index is 11.1. The van der Waals surface area contributed by atoms with E-state index in [-0.39, 0.29) is 12.1 Å². The Morgan fingerprint density at radius 2 is 1.81 bits per heavy atom. The Kier molecular flexibility index (Phi) is 6.45. The van der Waals surface area contributed by atoms with Gasteiger partial charge < -0.3 is 14.6 Å². The number of nitro groups is 1. The van der Waals surface area contributed by atoms with Gasteiger partial charge in [-0.15, -0.1) is 0 Å². The normalized spacial score (nSPS) is 10.2. The predicted molar refractivity (Wildman–Crippen MR) is 76.0 cm³/mol. The molecule has 0 aromatic heterocycles. The molecule has 7 nitrogen and oxygen atoms in total. The molecular formula is C14H19NO6. The second-order valence-corrected chi connectivity index (χ2v) is 4.55. The molecule has 0 radical (unpaired) electrons. The number of rotatable bonds is 9. The van der Waals surface area contributed by atoms with E-state index < -0.39 is 10.9 Å². The molecule has 0 heterocycles. The highest BCUT2D eigenvalue weighted by atomic mass is 16.6. The molecule has 1 rings (SSSR count). The molecule has 116 valence electrons. The molecule has 1 aromatic carbocycles. The summed E-state index contributed by atoms with van der Waals surface area (Å²) < 4.78 is 10.2. The van der Waals surface area contributed by atoms with Crippen LogP contribution in [0.3, 0.4) is 0 Å². The molecule has 21 heavy (non-hydrogen) atoms. The van der Waals surface area contributed by atoms with E-state index in [1.54, 1.807) is 6.07 Å². The number of ether oxygens (including phenoxy) is 2. The van der Waals surface area contributed by atoms with E-state index in [2.05, 4.69) is 0 Å². The lowest BCUT2D eigenvalue weighted by Crippen LogP contribution is -2.00. The average molecular weight is 297 g/mol. The topological polar surface area (TPSA) is 98.9 Å². The van der Waals surface area contributed by atoms with E-state index in [9.17, 15) is 14.9 Å². The van der Waals surface area contributed by atoms with Crippen molar-refractivity contribution in [2.24, 2.45) is 0 Å². The Hall–Kier alpha value is -2.31. The van der Waals surface area contributed by atoms with E-state index in [1.165, 1.54) is 20.3 Å².